The maximum atomic E-state index is 10.5. The molecule has 0 aromatic carbocycles. The Kier molecular flexibility index (Phi) is 2.65. The topological polar surface area (TPSA) is 77.8 Å². The third-order valence-corrected chi connectivity index (χ3v) is 1.97. The van der Waals surface area contributed by atoms with Crippen LogP contribution in [0.3, 0.4) is 0 Å². The molecule has 0 aliphatic carbocycles. The highest BCUT2D eigenvalue weighted by atomic mass is 16.4. The fraction of sp³-hybridized carbons (Fsp3) is 0.714. The highest BCUT2D eigenvalue weighted by Gasteiger charge is 2.33. The minimum Gasteiger partial charge on any atom is -0.480 e. The Labute approximate surface area is 69.6 Å². The maximum absolute atomic E-state index is 10.5. The van der Waals surface area contributed by atoms with Gasteiger partial charge in [-0.05, 0) is 25.9 Å². The standard InChI is InChI=1S/C7H11NO4/c9-6(10)5(7(11)12)8-3-1-2-4-8/h5H,1-4H2,(H,9,10)(H,11,12). The molecule has 5 heteroatoms. The molecule has 1 aliphatic heterocycles. The van der Waals surface area contributed by atoms with Crippen LogP contribution in [-0.2, 0) is 9.59 Å². The molecule has 0 saturated carbocycles. The Balaban J connectivity index is 2.64. The van der Waals surface area contributed by atoms with Gasteiger partial charge in [0.25, 0.3) is 0 Å². The molecule has 0 bridgehead atoms. The lowest BCUT2D eigenvalue weighted by atomic mass is 10.3. The van der Waals surface area contributed by atoms with Gasteiger partial charge in [-0.2, -0.15) is 0 Å². The van der Waals surface area contributed by atoms with Crippen molar-refractivity contribution in [1.82, 2.24) is 4.90 Å². The van der Waals surface area contributed by atoms with E-state index in [2.05, 4.69) is 0 Å². The second-order valence-electron chi connectivity index (χ2n) is 2.82. The number of hydrogen-bond donors (Lipinski definition) is 2. The number of aliphatic carboxylic acids is 2. The van der Waals surface area contributed by atoms with E-state index >= 15 is 0 Å². The van der Waals surface area contributed by atoms with Gasteiger partial charge in [-0.15, -0.1) is 0 Å². The first kappa shape index (κ1) is 8.99. The molecular weight excluding hydrogens is 162 g/mol. The van der Waals surface area contributed by atoms with Gasteiger partial charge in [-0.1, -0.05) is 0 Å². The second kappa shape index (κ2) is 3.53. The molecule has 0 spiro atoms. The van der Waals surface area contributed by atoms with Crippen molar-refractivity contribution >= 4 is 11.9 Å². The third-order valence-electron chi connectivity index (χ3n) is 1.97. The summed E-state index contributed by atoms with van der Waals surface area (Å²) in [4.78, 5) is 22.5. The summed E-state index contributed by atoms with van der Waals surface area (Å²) in [6, 6.07) is -1.35. The minimum atomic E-state index is -1.35. The number of hydrogen-bond acceptors (Lipinski definition) is 3. The van der Waals surface area contributed by atoms with Crippen molar-refractivity contribution < 1.29 is 19.8 Å². The Bertz CT molecular complexity index is 184. The maximum Gasteiger partial charge on any atom is 0.332 e. The largest absolute Gasteiger partial charge is 0.480 e. The van der Waals surface area contributed by atoms with Gasteiger partial charge in [0, 0.05) is 0 Å². The molecule has 0 aromatic rings. The molecule has 2 N–H and O–H groups in total. The van der Waals surface area contributed by atoms with Crippen LogP contribution in [-0.4, -0.2) is 46.2 Å². The third kappa shape index (κ3) is 1.73. The van der Waals surface area contributed by atoms with Gasteiger partial charge in [0.15, 0.2) is 0 Å². The van der Waals surface area contributed by atoms with Gasteiger partial charge < -0.3 is 10.2 Å². The van der Waals surface area contributed by atoms with Crippen molar-refractivity contribution in [3.8, 4) is 0 Å². The zero-order valence-corrected chi connectivity index (χ0v) is 6.56. The van der Waals surface area contributed by atoms with Gasteiger partial charge >= 0.3 is 11.9 Å². The van der Waals surface area contributed by atoms with E-state index in [4.69, 9.17) is 10.2 Å². The SMILES string of the molecule is O=C(O)C(C(=O)O)N1CCCC1. The zero-order chi connectivity index (χ0) is 9.14. The van der Waals surface area contributed by atoms with E-state index in [1.807, 2.05) is 0 Å². The van der Waals surface area contributed by atoms with Crippen LogP contribution in [0.4, 0.5) is 0 Å². The van der Waals surface area contributed by atoms with Crippen LogP contribution in [0.2, 0.25) is 0 Å². The van der Waals surface area contributed by atoms with Crippen LogP contribution < -0.4 is 0 Å². The fourth-order valence-corrected chi connectivity index (χ4v) is 1.42. The average molecular weight is 173 g/mol. The molecule has 1 rings (SSSR count). The normalized spacial score (nSPS) is 18.4. The predicted octanol–water partition coefficient (Wildman–Crippen LogP) is -0.380. The molecule has 0 radical (unpaired) electrons. The number of likely N-dealkylation sites (tertiary alicyclic amines) is 1. The molecule has 1 saturated heterocycles. The van der Waals surface area contributed by atoms with E-state index in [9.17, 15) is 9.59 Å². The van der Waals surface area contributed by atoms with Crippen molar-refractivity contribution in [3.05, 3.63) is 0 Å². The van der Waals surface area contributed by atoms with Crippen molar-refractivity contribution in [2.45, 2.75) is 18.9 Å². The molecule has 1 fully saturated rings. The lowest BCUT2D eigenvalue weighted by Gasteiger charge is -2.19. The Hall–Kier alpha value is -1.10. The van der Waals surface area contributed by atoms with Crippen LogP contribution in [0.5, 0.6) is 0 Å². The number of nitrogens with zero attached hydrogens (tertiary/aromatic N) is 1. The van der Waals surface area contributed by atoms with Crippen molar-refractivity contribution in [3.63, 3.8) is 0 Å². The van der Waals surface area contributed by atoms with E-state index in [-0.39, 0.29) is 0 Å². The van der Waals surface area contributed by atoms with Gasteiger partial charge in [-0.3, -0.25) is 4.90 Å². The van der Waals surface area contributed by atoms with Gasteiger partial charge in [-0.25, -0.2) is 9.59 Å². The quantitative estimate of drug-likeness (QED) is 0.569. The van der Waals surface area contributed by atoms with Crippen molar-refractivity contribution in [1.29, 1.82) is 0 Å². The molecule has 0 atom stereocenters. The van der Waals surface area contributed by atoms with E-state index in [0.29, 0.717) is 13.1 Å². The first-order valence-electron chi connectivity index (χ1n) is 3.82. The van der Waals surface area contributed by atoms with E-state index in [1.54, 1.807) is 0 Å². The van der Waals surface area contributed by atoms with E-state index < -0.39 is 18.0 Å². The average Bonchev–Trinajstić information content (AvgIpc) is 2.37. The minimum absolute atomic E-state index is 0.573. The summed E-state index contributed by atoms with van der Waals surface area (Å²) < 4.78 is 0. The van der Waals surface area contributed by atoms with Crippen LogP contribution in [0, 0.1) is 0 Å². The lowest BCUT2D eigenvalue weighted by Crippen LogP contribution is -2.45. The molecule has 5 nitrogen and oxygen atoms in total. The lowest BCUT2D eigenvalue weighted by molar-refractivity contribution is -0.155. The Morgan fingerprint density at radius 3 is 1.83 bits per heavy atom. The number of carboxylic acids is 2. The van der Waals surface area contributed by atoms with Crippen molar-refractivity contribution in [2.75, 3.05) is 13.1 Å². The highest BCUT2D eigenvalue weighted by molar-refractivity contribution is 5.97. The number of rotatable bonds is 3. The molecule has 12 heavy (non-hydrogen) atoms. The summed E-state index contributed by atoms with van der Waals surface area (Å²) in [6.45, 7) is 1.15. The Morgan fingerprint density at radius 1 is 1.08 bits per heavy atom. The van der Waals surface area contributed by atoms with E-state index in [0.717, 1.165) is 12.8 Å². The smallest absolute Gasteiger partial charge is 0.332 e. The summed E-state index contributed by atoms with van der Waals surface area (Å²) in [6.07, 6.45) is 1.77. The number of carboxylic acid groups (broad SMARTS) is 2. The van der Waals surface area contributed by atoms with Gasteiger partial charge in [0.1, 0.15) is 0 Å². The molecule has 1 aliphatic rings. The van der Waals surface area contributed by atoms with Crippen LogP contribution >= 0.6 is 0 Å². The van der Waals surface area contributed by atoms with Gasteiger partial charge in [0.2, 0.25) is 6.04 Å². The zero-order valence-electron chi connectivity index (χ0n) is 6.56. The molecule has 0 aromatic heterocycles. The van der Waals surface area contributed by atoms with E-state index in [1.165, 1.54) is 4.90 Å². The monoisotopic (exact) mass is 173 g/mol. The Morgan fingerprint density at radius 2 is 1.50 bits per heavy atom. The van der Waals surface area contributed by atoms with Crippen LogP contribution in [0.1, 0.15) is 12.8 Å². The summed E-state index contributed by atoms with van der Waals surface area (Å²) >= 11 is 0. The van der Waals surface area contributed by atoms with Crippen LogP contribution in [0.15, 0.2) is 0 Å². The summed E-state index contributed by atoms with van der Waals surface area (Å²) in [7, 11) is 0. The number of carbonyl (C=O) groups is 2. The molecular formula is C7H11NO4. The highest BCUT2D eigenvalue weighted by Crippen LogP contribution is 2.11. The summed E-state index contributed by atoms with van der Waals surface area (Å²) in [5, 5.41) is 17.2. The molecule has 0 amide bonds. The van der Waals surface area contributed by atoms with Crippen molar-refractivity contribution in [2.24, 2.45) is 0 Å². The molecule has 1 heterocycles. The molecule has 0 unspecified atom stereocenters. The first-order valence-corrected chi connectivity index (χ1v) is 3.82. The summed E-state index contributed by atoms with van der Waals surface area (Å²) in [5.41, 5.74) is 0. The van der Waals surface area contributed by atoms with Gasteiger partial charge in [0.05, 0.1) is 0 Å². The second-order valence-corrected chi connectivity index (χ2v) is 2.82. The fourth-order valence-electron chi connectivity index (χ4n) is 1.42. The summed E-state index contributed by atoms with van der Waals surface area (Å²) in [5.74, 6) is -2.55. The molecule has 68 valence electrons. The van der Waals surface area contributed by atoms with Crippen LogP contribution in [0.25, 0.3) is 0 Å². The first-order chi connectivity index (χ1) is 5.63. The predicted molar refractivity (Wildman–Crippen MR) is 39.9 cm³/mol.